The zero-order valence-electron chi connectivity index (χ0n) is 12.1. The maximum absolute atomic E-state index is 12.6. The van der Waals surface area contributed by atoms with Crippen molar-refractivity contribution in [2.75, 3.05) is 5.32 Å². The predicted molar refractivity (Wildman–Crippen MR) is 80.8 cm³/mol. The monoisotopic (exact) mass is 329 g/mol. The molecule has 0 atom stereocenters. The molecule has 0 saturated heterocycles. The average molecular weight is 329 g/mol. The number of pyridine rings is 1. The van der Waals surface area contributed by atoms with Gasteiger partial charge in [-0.2, -0.15) is 23.5 Å². The van der Waals surface area contributed by atoms with Crippen molar-refractivity contribution in [1.82, 2.24) is 14.8 Å². The summed E-state index contributed by atoms with van der Waals surface area (Å²) in [6, 6.07) is 9.91. The molecule has 0 bridgehead atoms. The van der Waals surface area contributed by atoms with Crippen molar-refractivity contribution >= 4 is 11.4 Å². The molecule has 0 unspecified atom stereocenters. The van der Waals surface area contributed by atoms with E-state index in [2.05, 4.69) is 15.4 Å². The lowest BCUT2D eigenvalue weighted by atomic mass is 10.2. The van der Waals surface area contributed by atoms with Gasteiger partial charge in [0.2, 0.25) is 0 Å². The second kappa shape index (κ2) is 6.04. The van der Waals surface area contributed by atoms with E-state index in [1.54, 1.807) is 18.3 Å². The number of nitrogens with one attached hydrogen (secondary N) is 1. The number of alkyl halides is 3. The van der Waals surface area contributed by atoms with Crippen molar-refractivity contribution in [3.63, 3.8) is 0 Å². The molecule has 24 heavy (non-hydrogen) atoms. The quantitative estimate of drug-likeness (QED) is 0.791. The molecule has 0 radical (unpaired) electrons. The lowest BCUT2D eigenvalue weighted by Crippen LogP contribution is -2.05. The van der Waals surface area contributed by atoms with E-state index < -0.39 is 11.7 Å². The third-order valence-electron chi connectivity index (χ3n) is 3.21. The fraction of sp³-hybridized carbons (Fsp3) is 0.0625. The van der Waals surface area contributed by atoms with E-state index in [1.807, 2.05) is 6.07 Å². The first kappa shape index (κ1) is 15.6. The maximum atomic E-state index is 12.6. The standard InChI is InChI=1S/C16H10F3N5/c17-16(18,19)11-1-5-15(6-2-11)24-10-14(9-22-24)23-13-4-3-12(7-20)21-8-13/h1-6,8-10,23H. The number of benzene rings is 1. The molecule has 0 aliphatic heterocycles. The van der Waals surface area contributed by atoms with E-state index in [4.69, 9.17) is 5.26 Å². The van der Waals surface area contributed by atoms with Crippen LogP contribution in [0.3, 0.4) is 0 Å². The van der Waals surface area contributed by atoms with Crippen molar-refractivity contribution in [3.8, 4) is 11.8 Å². The normalized spacial score (nSPS) is 11.1. The van der Waals surface area contributed by atoms with Crippen LogP contribution in [0, 0.1) is 11.3 Å². The zero-order chi connectivity index (χ0) is 17.2. The summed E-state index contributed by atoms with van der Waals surface area (Å²) in [5.41, 5.74) is 1.41. The molecule has 5 nitrogen and oxygen atoms in total. The van der Waals surface area contributed by atoms with Gasteiger partial charge in [-0.15, -0.1) is 0 Å². The van der Waals surface area contributed by atoms with Crippen LogP contribution in [0.15, 0.2) is 55.0 Å². The van der Waals surface area contributed by atoms with Gasteiger partial charge < -0.3 is 5.32 Å². The second-order valence-corrected chi connectivity index (χ2v) is 4.89. The Bertz CT molecular complexity index is 874. The van der Waals surface area contributed by atoms with Crippen molar-refractivity contribution in [2.24, 2.45) is 0 Å². The molecule has 0 aliphatic carbocycles. The summed E-state index contributed by atoms with van der Waals surface area (Å²) < 4.78 is 39.2. The maximum Gasteiger partial charge on any atom is 0.416 e. The number of halogens is 3. The highest BCUT2D eigenvalue weighted by atomic mass is 19.4. The fourth-order valence-electron chi connectivity index (χ4n) is 2.03. The average Bonchev–Trinajstić information content (AvgIpc) is 3.03. The highest BCUT2D eigenvalue weighted by Crippen LogP contribution is 2.29. The van der Waals surface area contributed by atoms with E-state index >= 15 is 0 Å². The summed E-state index contributed by atoms with van der Waals surface area (Å²) in [5, 5.41) is 15.9. The highest BCUT2D eigenvalue weighted by molar-refractivity contribution is 5.58. The summed E-state index contributed by atoms with van der Waals surface area (Å²) in [5.74, 6) is 0. The van der Waals surface area contributed by atoms with Gasteiger partial charge in [0, 0.05) is 0 Å². The van der Waals surface area contributed by atoms with Gasteiger partial charge >= 0.3 is 6.18 Å². The molecular weight excluding hydrogens is 319 g/mol. The van der Waals surface area contributed by atoms with Crippen molar-refractivity contribution < 1.29 is 13.2 Å². The Morgan fingerprint density at radius 1 is 1.00 bits per heavy atom. The van der Waals surface area contributed by atoms with Gasteiger partial charge in [0.1, 0.15) is 11.8 Å². The zero-order valence-corrected chi connectivity index (χ0v) is 12.1. The molecule has 0 spiro atoms. The molecule has 2 aromatic heterocycles. The number of anilines is 2. The van der Waals surface area contributed by atoms with Crippen LogP contribution in [0.25, 0.3) is 5.69 Å². The van der Waals surface area contributed by atoms with Crippen molar-refractivity contribution in [1.29, 1.82) is 5.26 Å². The Hall–Kier alpha value is -3.34. The number of hydrogen-bond acceptors (Lipinski definition) is 4. The van der Waals surface area contributed by atoms with Crippen molar-refractivity contribution in [2.45, 2.75) is 6.18 Å². The van der Waals surface area contributed by atoms with E-state index in [0.29, 0.717) is 22.8 Å². The Balaban J connectivity index is 1.76. The molecule has 0 saturated carbocycles. The summed E-state index contributed by atoms with van der Waals surface area (Å²) in [6.07, 6.45) is 0.322. The van der Waals surface area contributed by atoms with Gasteiger partial charge in [-0.1, -0.05) is 0 Å². The molecule has 0 amide bonds. The minimum atomic E-state index is -4.36. The molecule has 0 aliphatic rings. The first-order valence-corrected chi connectivity index (χ1v) is 6.81. The SMILES string of the molecule is N#Cc1ccc(Nc2cnn(-c3ccc(C(F)(F)F)cc3)c2)cn1. The van der Waals surface area contributed by atoms with Crippen LogP contribution >= 0.6 is 0 Å². The Kier molecular flexibility index (Phi) is 3.92. The van der Waals surface area contributed by atoms with E-state index in [9.17, 15) is 13.2 Å². The number of hydrogen-bond donors (Lipinski definition) is 1. The molecule has 1 aromatic carbocycles. The van der Waals surface area contributed by atoms with Crippen LogP contribution in [-0.4, -0.2) is 14.8 Å². The van der Waals surface area contributed by atoms with E-state index in [0.717, 1.165) is 12.1 Å². The van der Waals surface area contributed by atoms with Gasteiger partial charge in [0.25, 0.3) is 0 Å². The van der Waals surface area contributed by atoms with Crippen LogP contribution in [-0.2, 0) is 6.18 Å². The Morgan fingerprint density at radius 3 is 2.33 bits per heavy atom. The lowest BCUT2D eigenvalue weighted by molar-refractivity contribution is -0.137. The summed E-state index contributed by atoms with van der Waals surface area (Å²) in [7, 11) is 0. The molecule has 1 N–H and O–H groups in total. The highest BCUT2D eigenvalue weighted by Gasteiger charge is 2.30. The second-order valence-electron chi connectivity index (χ2n) is 4.89. The van der Waals surface area contributed by atoms with Crippen molar-refractivity contribution in [3.05, 3.63) is 66.2 Å². The molecule has 2 heterocycles. The van der Waals surface area contributed by atoms with Gasteiger partial charge in [0.15, 0.2) is 0 Å². The Morgan fingerprint density at radius 2 is 1.75 bits per heavy atom. The first-order chi connectivity index (χ1) is 11.5. The number of aromatic nitrogens is 3. The lowest BCUT2D eigenvalue weighted by Gasteiger charge is -2.07. The van der Waals surface area contributed by atoms with E-state index in [-0.39, 0.29) is 0 Å². The number of rotatable bonds is 3. The third-order valence-corrected chi connectivity index (χ3v) is 3.21. The predicted octanol–water partition coefficient (Wildman–Crippen LogP) is 3.90. The molecule has 8 heteroatoms. The molecule has 0 fully saturated rings. The van der Waals surface area contributed by atoms with Crippen LogP contribution < -0.4 is 5.32 Å². The Labute approximate surface area is 135 Å². The van der Waals surface area contributed by atoms with E-state index in [1.165, 1.54) is 29.2 Å². The summed E-state index contributed by atoms with van der Waals surface area (Å²) in [4.78, 5) is 3.93. The van der Waals surface area contributed by atoms with Gasteiger partial charge in [-0.05, 0) is 36.4 Å². The number of nitriles is 1. The minimum Gasteiger partial charge on any atom is -0.352 e. The first-order valence-electron chi connectivity index (χ1n) is 6.81. The third kappa shape index (κ3) is 3.35. The van der Waals surface area contributed by atoms with Gasteiger partial charge in [-0.25, -0.2) is 9.67 Å². The molecule has 120 valence electrons. The largest absolute Gasteiger partial charge is 0.416 e. The van der Waals surface area contributed by atoms with Crippen LogP contribution in [0.1, 0.15) is 11.3 Å². The summed E-state index contributed by atoms with van der Waals surface area (Å²) >= 11 is 0. The topological polar surface area (TPSA) is 66.5 Å². The summed E-state index contributed by atoms with van der Waals surface area (Å²) in [6.45, 7) is 0. The van der Waals surface area contributed by atoms with Crippen LogP contribution in [0.4, 0.5) is 24.5 Å². The van der Waals surface area contributed by atoms with Crippen LogP contribution in [0.5, 0.6) is 0 Å². The van der Waals surface area contributed by atoms with Gasteiger partial charge in [0.05, 0.1) is 41.2 Å². The smallest absolute Gasteiger partial charge is 0.352 e. The molecular formula is C16H10F3N5. The molecule has 3 aromatic rings. The molecule has 3 rings (SSSR count). The van der Waals surface area contributed by atoms with Crippen LogP contribution in [0.2, 0.25) is 0 Å². The number of nitrogens with zero attached hydrogens (tertiary/aromatic N) is 4. The van der Waals surface area contributed by atoms with Gasteiger partial charge in [-0.3, -0.25) is 0 Å². The minimum absolute atomic E-state index is 0.306. The fourth-order valence-corrected chi connectivity index (χ4v) is 2.03.